The summed E-state index contributed by atoms with van der Waals surface area (Å²) < 4.78 is 8.09. The molecule has 0 aromatic carbocycles. The van der Waals surface area contributed by atoms with Crippen LogP contribution in [0.5, 0.6) is 0 Å². The molecule has 18 heavy (non-hydrogen) atoms. The summed E-state index contributed by atoms with van der Waals surface area (Å²) in [5, 5.41) is 9.07. The monoisotopic (exact) mass is 362 g/mol. The van der Waals surface area contributed by atoms with Crippen molar-refractivity contribution in [1.29, 1.82) is 0 Å². The number of aliphatic hydroxyl groups is 1. The van der Waals surface area contributed by atoms with E-state index in [4.69, 9.17) is 15.6 Å². The Balaban J connectivity index is 1.94. The number of ether oxygens (including phenoxy) is 1. The van der Waals surface area contributed by atoms with Gasteiger partial charge in [0.05, 0.1) is 0 Å². The number of aliphatic hydroxyl groups excluding tert-OH is 1. The van der Waals surface area contributed by atoms with Crippen molar-refractivity contribution in [3.8, 4) is 0 Å². The maximum atomic E-state index is 11.8. The number of hydrogen-bond acceptors (Lipinski definition) is 5. The van der Waals surface area contributed by atoms with Crippen molar-refractivity contribution < 1.29 is 35.8 Å². The number of carbonyl (C=O) groups excluding carboxylic acids is 1. The molecular weight excluding hydrogens is 349 g/mol. The molecule has 6 nitrogen and oxygen atoms in total. The molecule has 3 heterocycles. The van der Waals surface area contributed by atoms with Gasteiger partial charge in [-0.3, -0.25) is 0 Å². The van der Waals surface area contributed by atoms with Crippen LogP contribution in [0.4, 0.5) is 5.82 Å². The van der Waals surface area contributed by atoms with Crippen molar-refractivity contribution in [2.24, 2.45) is 10.7 Å². The van der Waals surface area contributed by atoms with Crippen LogP contribution in [0.15, 0.2) is 17.3 Å². The second-order valence-electron chi connectivity index (χ2n) is 4.24. The van der Waals surface area contributed by atoms with E-state index in [1.807, 2.05) is 10.8 Å². The van der Waals surface area contributed by atoms with Crippen LogP contribution < -0.4 is 26.9 Å². The molecule has 2 unspecified atom stereocenters. The predicted molar refractivity (Wildman–Crippen MR) is 60.3 cm³/mol. The second kappa shape index (κ2) is 4.63. The average molecular weight is 362 g/mol. The first kappa shape index (κ1) is 12.1. The zero-order valence-electron chi connectivity index (χ0n) is 9.54. The molecule has 2 aliphatic heterocycles. The van der Waals surface area contributed by atoms with Crippen LogP contribution in [0.25, 0.3) is 0 Å². The van der Waals surface area contributed by atoms with Gasteiger partial charge in [0, 0.05) is 0 Å². The van der Waals surface area contributed by atoms with Gasteiger partial charge in [-0.1, -0.05) is 0 Å². The molecule has 0 spiro atoms. The van der Waals surface area contributed by atoms with E-state index >= 15 is 0 Å². The molecule has 0 aliphatic carbocycles. The number of nitrogens with two attached hydrogens (primary N) is 1. The second-order valence-corrected chi connectivity index (χ2v) is 6.86. The number of carbonyl (C=O) groups is 1. The normalized spacial score (nSPS) is 27.6. The van der Waals surface area contributed by atoms with E-state index in [2.05, 4.69) is 4.99 Å². The molecule has 7 heteroatoms. The number of fused-ring (bicyclic) bond motifs is 1. The summed E-state index contributed by atoms with van der Waals surface area (Å²) in [7, 11) is 0. The Morgan fingerprint density at radius 3 is 3.17 bits per heavy atom. The number of rotatable bonds is 2. The van der Waals surface area contributed by atoms with Gasteiger partial charge in [0.15, 0.2) is 0 Å². The van der Waals surface area contributed by atoms with E-state index in [0.717, 1.165) is 12.8 Å². The number of halogens is 1. The van der Waals surface area contributed by atoms with Gasteiger partial charge in [-0.05, 0) is 0 Å². The molecule has 1 aromatic rings. The van der Waals surface area contributed by atoms with Gasteiger partial charge in [0.1, 0.15) is 0 Å². The van der Waals surface area contributed by atoms with E-state index in [1.54, 1.807) is 6.07 Å². The number of aromatic nitrogens is 1. The third-order valence-corrected chi connectivity index (χ3v) is 4.96. The predicted octanol–water partition coefficient (Wildman–Crippen LogP) is -2.65. The van der Waals surface area contributed by atoms with Gasteiger partial charge < -0.3 is 0 Å². The van der Waals surface area contributed by atoms with Crippen molar-refractivity contribution in [2.75, 3.05) is 6.61 Å². The van der Waals surface area contributed by atoms with Crippen LogP contribution in [-0.4, -0.2) is 30.0 Å². The Labute approximate surface area is 114 Å². The average Bonchev–Trinajstić information content (AvgIpc) is 2.93. The molecule has 0 bridgehead atoms. The van der Waals surface area contributed by atoms with Crippen molar-refractivity contribution >= 4 is 13.5 Å². The summed E-state index contributed by atoms with van der Waals surface area (Å²) in [5.41, 5.74) is 6.35. The minimum atomic E-state index is -0.817. The van der Waals surface area contributed by atoms with E-state index in [9.17, 15) is 4.79 Å². The zero-order valence-corrected chi connectivity index (χ0v) is 11.7. The topological polar surface area (TPSA) is 89.8 Å². The fraction of sp³-hybridized carbons (Fsp3) is 0.455. The van der Waals surface area contributed by atoms with Crippen LogP contribution in [0, 0.1) is 0 Å². The zero-order chi connectivity index (χ0) is 12.7. The molecule has 98 valence electrons. The fourth-order valence-electron chi connectivity index (χ4n) is 2.23. The molecule has 0 saturated carbocycles. The summed E-state index contributed by atoms with van der Waals surface area (Å²) >= 11 is -0.817. The molecule has 3 rings (SSSR count). The van der Waals surface area contributed by atoms with E-state index in [1.165, 1.54) is 0 Å². The van der Waals surface area contributed by atoms with E-state index in [-0.39, 0.29) is 22.7 Å². The van der Waals surface area contributed by atoms with Gasteiger partial charge in [-0.25, -0.2) is 0 Å². The molecular formula is C11H13IN3O3-. The molecule has 2 aliphatic rings. The summed E-state index contributed by atoms with van der Waals surface area (Å²) in [5.74, 6) is 0.604. The Kier molecular flexibility index (Phi) is 3.12. The summed E-state index contributed by atoms with van der Waals surface area (Å²) in [4.78, 5) is 16.1. The molecule has 3 N–H and O–H groups in total. The van der Waals surface area contributed by atoms with Crippen molar-refractivity contribution in [1.82, 2.24) is 4.57 Å². The van der Waals surface area contributed by atoms with Gasteiger partial charge in [0.25, 0.3) is 0 Å². The summed E-state index contributed by atoms with van der Waals surface area (Å²) in [6.07, 6.45) is 3.16. The van der Waals surface area contributed by atoms with Crippen molar-refractivity contribution in [2.45, 2.75) is 25.2 Å². The Hall–Kier alpha value is -0.930. The van der Waals surface area contributed by atoms with Crippen LogP contribution in [0.3, 0.4) is 0 Å². The summed E-state index contributed by atoms with van der Waals surface area (Å²) in [6, 6.07) is 1.78. The fourth-order valence-corrected chi connectivity index (χ4v) is 3.79. The number of aliphatic imine (C=N–C) groups is 1. The van der Waals surface area contributed by atoms with Crippen LogP contribution in [0.1, 0.15) is 29.4 Å². The molecule has 1 aromatic heterocycles. The van der Waals surface area contributed by atoms with Crippen molar-refractivity contribution in [3.63, 3.8) is 0 Å². The maximum absolute atomic E-state index is 11.8. The van der Waals surface area contributed by atoms with E-state index < -0.39 is 21.2 Å². The third kappa shape index (κ3) is 1.95. The molecule has 1 fully saturated rings. The molecule has 1 saturated heterocycles. The van der Waals surface area contributed by atoms with Crippen molar-refractivity contribution in [3.05, 3.63) is 17.8 Å². The first-order chi connectivity index (χ1) is 8.69. The van der Waals surface area contributed by atoms with Gasteiger partial charge in [-0.15, -0.1) is 0 Å². The number of hydrogen-bond donors (Lipinski definition) is 2. The van der Waals surface area contributed by atoms with Crippen LogP contribution in [-0.2, 0) is 4.74 Å². The molecule has 0 amide bonds. The Bertz CT molecular complexity index is 526. The van der Waals surface area contributed by atoms with Gasteiger partial charge in [-0.2, -0.15) is 0 Å². The quantitative estimate of drug-likeness (QED) is 0.342. The van der Waals surface area contributed by atoms with E-state index in [0.29, 0.717) is 15.2 Å². The molecule has 0 radical (unpaired) electrons. The van der Waals surface area contributed by atoms with Gasteiger partial charge >= 0.3 is 114 Å². The number of amidine groups is 1. The summed E-state index contributed by atoms with van der Waals surface area (Å²) in [6.45, 7) is 0.0236. The third-order valence-electron chi connectivity index (χ3n) is 3.09. The van der Waals surface area contributed by atoms with Gasteiger partial charge in [0.2, 0.25) is 0 Å². The van der Waals surface area contributed by atoms with Crippen LogP contribution in [0.2, 0.25) is 0 Å². The molecule has 2 atom stereocenters. The Morgan fingerprint density at radius 2 is 2.44 bits per heavy atom. The number of nitrogens with zero attached hydrogens (tertiary/aromatic N) is 2. The SMILES string of the molecule is NC1=Nc2c(ccn2C2CCC(CO)O2)C(=O)[I-]1. The first-order valence-corrected chi connectivity index (χ1v) is 7.85. The standard InChI is InChI=1S/C11H13IN3O3/c13-11-12-9(17)7-3-4-15(10(7)14-11)8-2-1-6(5-16)18-8/h3-4,6,8,16H,1-2,5H2,(H2,13,14)/q-1. The van der Waals surface area contributed by atoms with Crippen LogP contribution >= 0.6 is 0 Å². The Morgan fingerprint density at radius 1 is 1.61 bits per heavy atom. The minimum absolute atomic E-state index is 0.0236. The first-order valence-electron chi connectivity index (χ1n) is 5.69.